The van der Waals surface area contributed by atoms with Gasteiger partial charge in [0.1, 0.15) is 0 Å². The van der Waals surface area contributed by atoms with E-state index in [0.29, 0.717) is 23.7 Å². The molecular formula is C88H100N4Zr2. The standard InChI is InChI=1S/C26H31N2.C20H27N2.6C7H7.2Zr/c1-19(2)22-14-11-15-23(20(3)4)25(22)28-26(5,24-16-9-10-17-27-24)18-21-12-7-6-8-13-21;1-14(2)16-10-9-11-17(15(3)4)19(16)22-20(5,6)18-12-7-8-13-21-18;6*1-7-5-3-2-4-6-7;;/h6-17,19-20H,18H2,1-5H3;7-15H,1-6H3;6*2-6H,1H2;;/q8*-1;2*+4. The van der Waals surface area contributed by atoms with Crippen LogP contribution < -0.4 is 0 Å². The summed E-state index contributed by atoms with van der Waals surface area (Å²) in [5, 5.41) is 10.6. The van der Waals surface area contributed by atoms with Crippen LogP contribution in [0.25, 0.3) is 10.6 Å². The SMILES string of the molecule is CC(C)c1cccc(C(C)C)c1[N-]C(C)(C)c1ccccn1.CC(C)c1cccc(C(C)C)c1[N-]C(C)(Cc1ccccc1)c1ccccn1.[CH2-]c1ccccc1.[CH2-]c1ccccc1.[CH2-]c1ccccc1.[CH2-]c1ccccc1.[CH2-]c1ccccc1.[CH2-]c1ccccc1.[Zr+4].[Zr+4]. The number of rotatable bonds is 12. The van der Waals surface area contributed by atoms with Crippen LogP contribution in [0.5, 0.6) is 0 Å². The molecular weight excluding hydrogens is 1300 g/mol. The Morgan fingerprint density at radius 3 is 0.745 bits per heavy atom. The summed E-state index contributed by atoms with van der Waals surface area (Å²) in [4.78, 5) is 9.20. The van der Waals surface area contributed by atoms with Crippen LogP contribution in [0.2, 0.25) is 0 Å². The number of hydrogen-bond donors (Lipinski definition) is 0. The van der Waals surface area contributed by atoms with Gasteiger partial charge in [-0.1, -0.05) is 225 Å². The molecule has 0 amide bonds. The van der Waals surface area contributed by atoms with Crippen molar-refractivity contribution < 1.29 is 52.4 Å². The number of hydrogen-bond acceptors (Lipinski definition) is 2. The molecule has 11 rings (SSSR count). The van der Waals surface area contributed by atoms with Gasteiger partial charge in [0.05, 0.1) is 0 Å². The van der Waals surface area contributed by atoms with Crippen LogP contribution in [-0.2, 0) is 69.9 Å². The van der Waals surface area contributed by atoms with Crippen LogP contribution in [-0.4, -0.2) is 9.97 Å². The molecule has 0 aliphatic carbocycles. The molecule has 0 aliphatic rings. The first-order chi connectivity index (χ1) is 44.1. The van der Waals surface area contributed by atoms with Crippen molar-refractivity contribution in [2.45, 2.75) is 117 Å². The van der Waals surface area contributed by atoms with Gasteiger partial charge in [-0.15, -0.1) is 84.2 Å². The minimum atomic E-state index is -0.433. The van der Waals surface area contributed by atoms with E-state index in [-0.39, 0.29) is 57.9 Å². The van der Waals surface area contributed by atoms with Gasteiger partial charge in [0.2, 0.25) is 0 Å². The van der Waals surface area contributed by atoms with Crippen molar-refractivity contribution in [3.8, 4) is 0 Å². The van der Waals surface area contributed by atoms with Crippen LogP contribution in [0.3, 0.4) is 0 Å². The van der Waals surface area contributed by atoms with E-state index < -0.39 is 5.54 Å². The molecule has 11 aromatic rings. The van der Waals surface area contributed by atoms with E-state index in [9.17, 15) is 0 Å². The molecule has 0 N–H and O–H groups in total. The molecule has 94 heavy (non-hydrogen) atoms. The first-order valence-electron chi connectivity index (χ1n) is 31.9. The van der Waals surface area contributed by atoms with Crippen LogP contribution in [0.1, 0.15) is 172 Å². The third-order valence-electron chi connectivity index (χ3n) is 14.4. The van der Waals surface area contributed by atoms with E-state index in [1.807, 2.05) is 213 Å². The molecule has 6 heteroatoms. The third kappa shape index (κ3) is 31.7. The number of benzene rings is 9. The Labute approximate surface area is 608 Å². The zero-order valence-corrected chi connectivity index (χ0v) is 62.8. The average Bonchev–Trinajstić information content (AvgIpc) is 0.799. The topological polar surface area (TPSA) is 54.0 Å². The minimum absolute atomic E-state index is 0. The van der Waals surface area contributed by atoms with Gasteiger partial charge in [0.25, 0.3) is 0 Å². The fourth-order valence-electron chi connectivity index (χ4n) is 9.32. The van der Waals surface area contributed by atoms with Crippen molar-refractivity contribution >= 4 is 11.4 Å². The molecule has 1 atom stereocenters. The van der Waals surface area contributed by atoms with Crippen molar-refractivity contribution in [2.75, 3.05) is 0 Å². The molecule has 9 aromatic carbocycles. The Morgan fingerprint density at radius 2 is 0.521 bits per heavy atom. The Hall–Kier alpha value is -8.13. The Kier molecular flexibility index (Phi) is 39.4. The maximum atomic E-state index is 5.44. The molecule has 2 heterocycles. The van der Waals surface area contributed by atoms with E-state index in [1.165, 1.54) is 27.8 Å². The Bertz CT molecular complexity index is 3280. The molecule has 0 aliphatic heterocycles. The van der Waals surface area contributed by atoms with Gasteiger partial charge >= 0.3 is 52.4 Å². The van der Waals surface area contributed by atoms with E-state index >= 15 is 0 Å². The van der Waals surface area contributed by atoms with Crippen molar-refractivity contribution in [3.05, 3.63) is 422 Å². The molecule has 0 fully saturated rings. The first-order valence-corrected chi connectivity index (χ1v) is 31.9. The van der Waals surface area contributed by atoms with Crippen molar-refractivity contribution in [3.63, 3.8) is 0 Å². The normalized spacial score (nSPS) is 10.7. The second kappa shape index (κ2) is 45.2. The second-order valence-corrected chi connectivity index (χ2v) is 24.3. The van der Waals surface area contributed by atoms with Gasteiger partial charge in [-0.2, -0.15) is 148 Å². The smallest absolute Gasteiger partial charge is 0.674 e. The summed E-state index contributed by atoms with van der Waals surface area (Å²) < 4.78 is 0. The van der Waals surface area contributed by atoms with Gasteiger partial charge in [-0.25, -0.2) is 0 Å². The number of aromatic nitrogens is 2. The largest absolute Gasteiger partial charge is 4.00 e. The van der Waals surface area contributed by atoms with Crippen molar-refractivity contribution in [2.24, 2.45) is 0 Å². The summed E-state index contributed by atoms with van der Waals surface area (Å²) in [5.41, 5.74) is 16.5. The molecule has 0 saturated carbocycles. The Balaban J connectivity index is 0.000000398. The first kappa shape index (κ1) is 82.0. The van der Waals surface area contributed by atoms with Gasteiger partial charge < -0.3 is 10.6 Å². The summed E-state index contributed by atoms with van der Waals surface area (Å²) in [5.74, 6) is 1.75. The molecule has 0 spiro atoms. The second-order valence-electron chi connectivity index (χ2n) is 24.3. The predicted octanol–water partition coefficient (Wildman–Crippen LogP) is 25.0. The predicted molar refractivity (Wildman–Crippen MR) is 400 cm³/mol. The van der Waals surface area contributed by atoms with Gasteiger partial charge in [-0.05, 0) is 59.9 Å². The summed E-state index contributed by atoms with van der Waals surface area (Å²) in [6.07, 6.45) is 4.52. The van der Waals surface area contributed by atoms with Crippen LogP contribution in [0, 0.1) is 41.5 Å². The zero-order chi connectivity index (χ0) is 67.2. The fraction of sp³-hybridized carbons (Fsp3) is 0.205. The summed E-state index contributed by atoms with van der Waals surface area (Å²) in [7, 11) is 0. The summed E-state index contributed by atoms with van der Waals surface area (Å²) >= 11 is 0. The molecule has 4 nitrogen and oxygen atoms in total. The van der Waals surface area contributed by atoms with Crippen LogP contribution in [0.4, 0.5) is 11.4 Å². The minimum Gasteiger partial charge on any atom is -0.674 e. The van der Waals surface area contributed by atoms with Crippen molar-refractivity contribution in [1.82, 2.24) is 9.97 Å². The summed E-state index contributed by atoms with van der Waals surface area (Å²) in [6, 6.07) is 95.1. The van der Waals surface area contributed by atoms with Crippen molar-refractivity contribution in [1.29, 1.82) is 0 Å². The average molecular weight is 1400 g/mol. The Morgan fingerprint density at radius 1 is 0.287 bits per heavy atom. The molecule has 0 saturated heterocycles. The number of para-hydroxylation sites is 2. The molecule has 2 aromatic heterocycles. The molecule has 480 valence electrons. The summed E-state index contributed by atoms with van der Waals surface area (Å²) in [6.45, 7) is 46.7. The van der Waals surface area contributed by atoms with E-state index in [2.05, 4.69) is 208 Å². The van der Waals surface area contributed by atoms with E-state index in [1.54, 1.807) is 0 Å². The number of nitrogens with zero attached hydrogens (tertiary/aromatic N) is 4. The molecule has 1 unspecified atom stereocenters. The monoisotopic (exact) mass is 1390 g/mol. The molecule has 0 bridgehead atoms. The quantitative estimate of drug-likeness (QED) is 0.114. The zero-order valence-electron chi connectivity index (χ0n) is 57.8. The third-order valence-corrected chi connectivity index (χ3v) is 14.4. The van der Waals surface area contributed by atoms with Gasteiger partial charge in [0.15, 0.2) is 0 Å². The van der Waals surface area contributed by atoms with Gasteiger partial charge in [-0.3, -0.25) is 9.97 Å². The van der Waals surface area contributed by atoms with E-state index in [4.69, 9.17) is 15.6 Å². The van der Waals surface area contributed by atoms with Crippen LogP contribution >= 0.6 is 0 Å². The fourth-order valence-corrected chi connectivity index (χ4v) is 9.32. The maximum absolute atomic E-state index is 5.44. The number of pyridine rings is 2. The molecule has 0 radical (unpaired) electrons. The van der Waals surface area contributed by atoms with E-state index in [0.717, 1.165) is 62.6 Å². The van der Waals surface area contributed by atoms with Gasteiger partial charge in [0, 0.05) is 23.8 Å². The maximum Gasteiger partial charge on any atom is 4.00 e. The van der Waals surface area contributed by atoms with Crippen LogP contribution in [0.15, 0.2) is 298 Å².